The smallest absolute Gasteiger partial charge is 0.250 e. The molecule has 1 N–H and O–H groups in total. The van der Waals surface area contributed by atoms with Gasteiger partial charge in [-0.05, 0) is 30.3 Å². The SMILES string of the molecule is O=C(COCc1nc2ccccc2s1)Nc1cccc(S(=O)(=O)N2CCOCC2)c1. The molecule has 1 aromatic heterocycles. The number of fused-ring (bicyclic) bond motifs is 1. The molecule has 1 aliphatic heterocycles. The van der Waals surface area contributed by atoms with Crippen molar-refractivity contribution >= 4 is 43.2 Å². The third kappa shape index (κ3) is 4.85. The second kappa shape index (κ2) is 9.19. The van der Waals surface area contributed by atoms with E-state index in [1.54, 1.807) is 12.1 Å². The van der Waals surface area contributed by atoms with Gasteiger partial charge in [0.05, 0.1) is 34.9 Å². The highest BCUT2D eigenvalue weighted by Crippen LogP contribution is 2.22. The molecule has 10 heteroatoms. The predicted octanol–water partition coefficient (Wildman–Crippen LogP) is 2.47. The number of anilines is 1. The van der Waals surface area contributed by atoms with E-state index in [0.29, 0.717) is 32.0 Å². The van der Waals surface area contributed by atoms with Gasteiger partial charge in [-0.2, -0.15) is 4.31 Å². The third-order valence-electron chi connectivity index (χ3n) is 4.52. The number of nitrogens with one attached hydrogen (secondary N) is 1. The number of amides is 1. The zero-order valence-corrected chi connectivity index (χ0v) is 17.7. The van der Waals surface area contributed by atoms with Crippen LogP contribution in [-0.4, -0.2) is 56.5 Å². The maximum absolute atomic E-state index is 12.8. The van der Waals surface area contributed by atoms with E-state index in [1.165, 1.54) is 27.8 Å². The number of para-hydroxylation sites is 1. The fourth-order valence-corrected chi connectivity index (χ4v) is 5.44. The molecule has 158 valence electrons. The first-order chi connectivity index (χ1) is 14.5. The Morgan fingerprint density at radius 2 is 1.97 bits per heavy atom. The lowest BCUT2D eigenvalue weighted by atomic mass is 10.3. The van der Waals surface area contributed by atoms with Crippen molar-refractivity contribution in [3.8, 4) is 0 Å². The van der Waals surface area contributed by atoms with Gasteiger partial charge in [0.25, 0.3) is 0 Å². The summed E-state index contributed by atoms with van der Waals surface area (Å²) in [6, 6.07) is 14.0. The van der Waals surface area contributed by atoms with Gasteiger partial charge in [0, 0.05) is 18.8 Å². The minimum Gasteiger partial charge on any atom is -0.379 e. The van der Waals surface area contributed by atoms with E-state index < -0.39 is 10.0 Å². The van der Waals surface area contributed by atoms with Crippen molar-refractivity contribution in [2.24, 2.45) is 0 Å². The molecule has 0 atom stereocenters. The molecule has 0 spiro atoms. The standard InChI is InChI=1S/C20H21N3O5S2/c24-19(13-28-14-20-22-17-6-1-2-7-18(17)29-20)21-15-4-3-5-16(12-15)30(25,26)23-8-10-27-11-9-23/h1-7,12H,8-11,13-14H2,(H,21,24). The summed E-state index contributed by atoms with van der Waals surface area (Å²) in [4.78, 5) is 16.8. The van der Waals surface area contributed by atoms with Crippen molar-refractivity contribution in [3.63, 3.8) is 0 Å². The molecule has 30 heavy (non-hydrogen) atoms. The second-order valence-corrected chi connectivity index (χ2v) is 9.71. The average Bonchev–Trinajstić information content (AvgIpc) is 3.17. The summed E-state index contributed by atoms with van der Waals surface area (Å²) in [5.74, 6) is -0.364. The molecule has 1 fully saturated rings. The zero-order valence-electron chi connectivity index (χ0n) is 16.1. The molecular formula is C20H21N3O5S2. The summed E-state index contributed by atoms with van der Waals surface area (Å²) in [6.07, 6.45) is 0. The minimum atomic E-state index is -3.62. The van der Waals surface area contributed by atoms with Gasteiger partial charge < -0.3 is 14.8 Å². The monoisotopic (exact) mass is 447 g/mol. The lowest BCUT2D eigenvalue weighted by molar-refractivity contribution is -0.121. The zero-order chi connectivity index (χ0) is 21.0. The van der Waals surface area contributed by atoms with Crippen LogP contribution in [0, 0.1) is 0 Å². The number of thiazole rings is 1. The van der Waals surface area contributed by atoms with Crippen molar-refractivity contribution in [1.29, 1.82) is 0 Å². The molecule has 0 aliphatic carbocycles. The molecule has 8 nitrogen and oxygen atoms in total. The molecule has 1 aliphatic rings. The highest BCUT2D eigenvalue weighted by molar-refractivity contribution is 7.89. The van der Waals surface area contributed by atoms with E-state index in [-0.39, 0.29) is 24.0 Å². The van der Waals surface area contributed by atoms with Crippen molar-refractivity contribution in [1.82, 2.24) is 9.29 Å². The van der Waals surface area contributed by atoms with Crippen LogP contribution in [0.1, 0.15) is 5.01 Å². The first-order valence-corrected chi connectivity index (χ1v) is 11.7. The van der Waals surface area contributed by atoms with Gasteiger partial charge in [0.15, 0.2) is 0 Å². The first kappa shape index (κ1) is 20.9. The van der Waals surface area contributed by atoms with E-state index in [2.05, 4.69) is 10.3 Å². The summed E-state index contributed by atoms with van der Waals surface area (Å²) in [7, 11) is -3.62. The number of morpholine rings is 1. The number of rotatable bonds is 7. The van der Waals surface area contributed by atoms with Gasteiger partial charge in [-0.25, -0.2) is 13.4 Å². The normalized spacial score (nSPS) is 15.3. The van der Waals surface area contributed by atoms with Crippen LogP contribution in [0.5, 0.6) is 0 Å². The Balaban J connectivity index is 1.33. The quantitative estimate of drug-likeness (QED) is 0.598. The summed E-state index contributed by atoms with van der Waals surface area (Å²) in [5.41, 5.74) is 1.31. The fourth-order valence-electron chi connectivity index (χ4n) is 3.08. The molecule has 2 aromatic carbocycles. The Kier molecular flexibility index (Phi) is 6.40. The van der Waals surface area contributed by atoms with Gasteiger partial charge in [0.2, 0.25) is 15.9 Å². The van der Waals surface area contributed by atoms with Crippen LogP contribution in [0.15, 0.2) is 53.4 Å². The molecule has 4 rings (SSSR count). The number of carbonyl (C=O) groups excluding carboxylic acids is 1. The Morgan fingerprint density at radius 1 is 1.17 bits per heavy atom. The van der Waals surface area contributed by atoms with Crippen LogP contribution in [0.4, 0.5) is 5.69 Å². The number of ether oxygens (including phenoxy) is 2. The van der Waals surface area contributed by atoms with Crippen LogP contribution < -0.4 is 5.32 Å². The van der Waals surface area contributed by atoms with Crippen LogP contribution in [0.3, 0.4) is 0 Å². The number of aromatic nitrogens is 1. The number of nitrogens with zero attached hydrogens (tertiary/aromatic N) is 2. The molecule has 0 bridgehead atoms. The molecule has 3 aromatic rings. The number of hydrogen-bond acceptors (Lipinski definition) is 7. The summed E-state index contributed by atoms with van der Waals surface area (Å²) >= 11 is 1.52. The molecule has 1 saturated heterocycles. The molecule has 0 saturated carbocycles. The van der Waals surface area contributed by atoms with E-state index in [1.807, 2.05) is 24.3 Å². The Morgan fingerprint density at radius 3 is 2.77 bits per heavy atom. The van der Waals surface area contributed by atoms with Crippen molar-refractivity contribution in [2.75, 3.05) is 38.2 Å². The fraction of sp³-hybridized carbons (Fsp3) is 0.300. The first-order valence-electron chi connectivity index (χ1n) is 9.42. The number of hydrogen-bond donors (Lipinski definition) is 1. The maximum Gasteiger partial charge on any atom is 0.250 e. The number of sulfonamides is 1. The lowest BCUT2D eigenvalue weighted by Crippen LogP contribution is -2.40. The minimum absolute atomic E-state index is 0.137. The molecule has 1 amide bonds. The van der Waals surface area contributed by atoms with Crippen molar-refractivity contribution < 1.29 is 22.7 Å². The van der Waals surface area contributed by atoms with Gasteiger partial charge >= 0.3 is 0 Å². The Labute approximate surface area is 178 Å². The van der Waals surface area contributed by atoms with Crippen LogP contribution in [0.2, 0.25) is 0 Å². The molecular weight excluding hydrogens is 426 g/mol. The predicted molar refractivity (Wildman–Crippen MR) is 114 cm³/mol. The maximum atomic E-state index is 12.8. The van der Waals surface area contributed by atoms with Gasteiger partial charge in [-0.3, -0.25) is 4.79 Å². The number of benzene rings is 2. The number of carbonyl (C=O) groups is 1. The van der Waals surface area contributed by atoms with E-state index in [4.69, 9.17) is 9.47 Å². The topological polar surface area (TPSA) is 97.8 Å². The highest BCUT2D eigenvalue weighted by atomic mass is 32.2. The molecule has 0 unspecified atom stereocenters. The van der Waals surface area contributed by atoms with Gasteiger partial charge in [-0.1, -0.05) is 18.2 Å². The Hall–Kier alpha value is -2.37. The summed E-state index contributed by atoms with van der Waals surface area (Å²) in [5, 5.41) is 3.48. The van der Waals surface area contributed by atoms with Crippen molar-refractivity contribution in [2.45, 2.75) is 11.5 Å². The van der Waals surface area contributed by atoms with Gasteiger partial charge in [0.1, 0.15) is 11.6 Å². The summed E-state index contributed by atoms with van der Waals surface area (Å²) in [6.45, 7) is 1.47. The van der Waals surface area contributed by atoms with E-state index >= 15 is 0 Å². The average molecular weight is 448 g/mol. The molecule has 0 radical (unpaired) electrons. The summed E-state index contributed by atoms with van der Waals surface area (Å²) < 4.78 is 38.7. The van der Waals surface area contributed by atoms with Crippen molar-refractivity contribution in [3.05, 3.63) is 53.5 Å². The van der Waals surface area contributed by atoms with Crippen LogP contribution >= 0.6 is 11.3 Å². The lowest BCUT2D eigenvalue weighted by Gasteiger charge is -2.26. The third-order valence-corrected chi connectivity index (χ3v) is 7.43. The van der Waals surface area contributed by atoms with Gasteiger partial charge in [-0.15, -0.1) is 11.3 Å². The Bertz CT molecular complexity index is 1110. The van der Waals surface area contributed by atoms with Crippen LogP contribution in [0.25, 0.3) is 10.2 Å². The van der Waals surface area contributed by atoms with E-state index in [0.717, 1.165) is 15.2 Å². The highest BCUT2D eigenvalue weighted by Gasteiger charge is 2.26. The molecule has 2 heterocycles. The van der Waals surface area contributed by atoms with Crippen LogP contribution in [-0.2, 0) is 30.9 Å². The largest absolute Gasteiger partial charge is 0.379 e. The van der Waals surface area contributed by atoms with E-state index in [9.17, 15) is 13.2 Å². The second-order valence-electron chi connectivity index (χ2n) is 6.66.